The number of amides is 2. The fraction of sp³-hybridized carbons (Fsp3) is 0.458. The molecule has 2 aliphatic carbocycles. The number of hydrogen-bond donors (Lipinski definition) is 3. The van der Waals surface area contributed by atoms with Gasteiger partial charge in [0.25, 0.3) is 11.8 Å². The van der Waals surface area contributed by atoms with E-state index in [1.165, 1.54) is 17.7 Å². The summed E-state index contributed by atoms with van der Waals surface area (Å²) < 4.78 is 42.4. The van der Waals surface area contributed by atoms with E-state index in [1.807, 2.05) is 6.92 Å². The fourth-order valence-corrected chi connectivity index (χ4v) is 4.76. The molecule has 7 nitrogen and oxygen atoms in total. The molecule has 0 spiro atoms. The van der Waals surface area contributed by atoms with Crippen LogP contribution in [0.3, 0.4) is 0 Å². The van der Waals surface area contributed by atoms with Crippen molar-refractivity contribution in [2.75, 3.05) is 11.9 Å². The predicted molar refractivity (Wildman–Crippen MR) is 126 cm³/mol. The van der Waals surface area contributed by atoms with Gasteiger partial charge in [0.05, 0.1) is 11.1 Å². The highest BCUT2D eigenvalue weighted by molar-refractivity contribution is 7.14. The lowest BCUT2D eigenvalue weighted by atomic mass is 9.76. The number of aliphatic hydroxyl groups is 1. The van der Waals surface area contributed by atoms with Crippen LogP contribution in [0.25, 0.3) is 0 Å². The normalized spacial score (nSPS) is 26.4. The molecule has 1 heterocycles. The monoisotopic (exact) mass is 511 g/mol. The Labute approximate surface area is 205 Å². The Morgan fingerprint density at radius 3 is 2.69 bits per heavy atom. The number of alkyl halides is 3. The Morgan fingerprint density at radius 1 is 1.31 bits per heavy atom. The standard InChI is InChI=1S/C24H28F3N3O4S/c1-5-16-10-15(9-14(3)23(16,4)33)20(31)30-22-19(29-12-35-22)21(32)28-11-17-13(2)7-6-8-18(17)34-24(25,26)27/h6-10,12-13,16-17,33H,5,11H2,1-4H3,(H,28,32)(H,30,31). The van der Waals surface area contributed by atoms with Gasteiger partial charge < -0.3 is 20.5 Å². The van der Waals surface area contributed by atoms with Crippen molar-refractivity contribution < 1.29 is 32.6 Å². The first-order chi connectivity index (χ1) is 16.3. The van der Waals surface area contributed by atoms with Gasteiger partial charge in [-0.1, -0.05) is 32.1 Å². The largest absolute Gasteiger partial charge is 0.572 e. The van der Waals surface area contributed by atoms with E-state index in [4.69, 9.17) is 0 Å². The summed E-state index contributed by atoms with van der Waals surface area (Å²) in [4.78, 5) is 29.7. The zero-order valence-corrected chi connectivity index (χ0v) is 20.6. The lowest BCUT2D eigenvalue weighted by molar-refractivity contribution is -0.309. The fourth-order valence-electron chi connectivity index (χ4n) is 4.09. The highest BCUT2D eigenvalue weighted by atomic mass is 32.1. The lowest BCUT2D eigenvalue weighted by Crippen LogP contribution is -2.37. The van der Waals surface area contributed by atoms with Crippen molar-refractivity contribution in [2.24, 2.45) is 17.8 Å². The van der Waals surface area contributed by atoms with Crippen LogP contribution >= 0.6 is 11.3 Å². The van der Waals surface area contributed by atoms with Crippen molar-refractivity contribution in [1.29, 1.82) is 0 Å². The summed E-state index contributed by atoms with van der Waals surface area (Å²) in [6.45, 7) is 6.98. The third-order valence-corrected chi connectivity index (χ3v) is 7.12. The van der Waals surface area contributed by atoms with Gasteiger partial charge in [-0.15, -0.1) is 24.5 Å². The van der Waals surface area contributed by atoms with Gasteiger partial charge in [-0.25, -0.2) is 4.98 Å². The summed E-state index contributed by atoms with van der Waals surface area (Å²) in [5, 5.41) is 16.2. The number of halogens is 3. The van der Waals surface area contributed by atoms with Gasteiger partial charge in [0.2, 0.25) is 0 Å². The number of nitrogens with zero attached hydrogens (tertiary/aromatic N) is 1. The Morgan fingerprint density at radius 2 is 2.03 bits per heavy atom. The zero-order chi connectivity index (χ0) is 26.0. The zero-order valence-electron chi connectivity index (χ0n) is 19.8. The number of aromatic nitrogens is 1. The van der Waals surface area contributed by atoms with Crippen LogP contribution in [0, 0.1) is 17.8 Å². The third-order valence-electron chi connectivity index (χ3n) is 6.38. The maximum atomic E-state index is 12.9. The number of carbonyl (C=O) groups is 2. The average Bonchev–Trinajstić information content (AvgIpc) is 3.22. The molecule has 3 rings (SSSR count). The molecule has 0 saturated carbocycles. The Balaban J connectivity index is 1.69. The highest BCUT2D eigenvalue weighted by Gasteiger charge is 2.37. The van der Waals surface area contributed by atoms with Gasteiger partial charge in [-0.3, -0.25) is 9.59 Å². The van der Waals surface area contributed by atoms with Crippen LogP contribution in [0.5, 0.6) is 0 Å². The van der Waals surface area contributed by atoms with E-state index in [0.29, 0.717) is 17.6 Å². The van der Waals surface area contributed by atoms with E-state index in [9.17, 15) is 27.9 Å². The number of anilines is 1. The summed E-state index contributed by atoms with van der Waals surface area (Å²) in [5.74, 6) is -2.64. The molecular formula is C24H28F3N3O4S. The van der Waals surface area contributed by atoms with Crippen molar-refractivity contribution in [3.05, 3.63) is 58.5 Å². The van der Waals surface area contributed by atoms with E-state index in [1.54, 1.807) is 39.0 Å². The Bertz CT molecular complexity index is 1100. The molecule has 35 heavy (non-hydrogen) atoms. The number of thiazole rings is 1. The van der Waals surface area contributed by atoms with Gasteiger partial charge in [-0.2, -0.15) is 0 Å². The lowest BCUT2D eigenvalue weighted by Gasteiger charge is -2.35. The molecule has 11 heteroatoms. The maximum absolute atomic E-state index is 12.9. The van der Waals surface area contributed by atoms with Crippen LogP contribution in [0.1, 0.15) is 44.6 Å². The summed E-state index contributed by atoms with van der Waals surface area (Å²) in [6, 6.07) is 0. The molecule has 0 radical (unpaired) electrons. The van der Waals surface area contributed by atoms with E-state index < -0.39 is 29.7 Å². The van der Waals surface area contributed by atoms with Crippen LogP contribution in [-0.2, 0) is 9.53 Å². The Kier molecular flexibility index (Phi) is 7.90. The Hall–Kier alpha value is -2.92. The molecule has 1 aromatic heterocycles. The van der Waals surface area contributed by atoms with Crippen LogP contribution in [0.15, 0.2) is 52.8 Å². The average molecular weight is 512 g/mol. The first-order valence-corrected chi connectivity index (χ1v) is 12.0. The molecule has 3 N–H and O–H groups in total. The van der Waals surface area contributed by atoms with Crippen LogP contribution < -0.4 is 10.6 Å². The minimum Gasteiger partial charge on any atom is -0.410 e. The molecule has 1 aromatic rings. The molecule has 0 aliphatic heterocycles. The van der Waals surface area contributed by atoms with E-state index in [-0.39, 0.29) is 34.8 Å². The second-order valence-electron chi connectivity index (χ2n) is 8.77. The second-order valence-corrected chi connectivity index (χ2v) is 9.63. The maximum Gasteiger partial charge on any atom is 0.572 e. The molecule has 0 aromatic carbocycles. The van der Waals surface area contributed by atoms with Gasteiger partial charge in [0.1, 0.15) is 10.8 Å². The molecule has 2 amide bonds. The quantitative estimate of drug-likeness (QED) is 0.492. The number of ether oxygens (including phenoxy) is 1. The van der Waals surface area contributed by atoms with E-state index in [2.05, 4.69) is 20.4 Å². The number of rotatable bonds is 7. The smallest absolute Gasteiger partial charge is 0.410 e. The highest BCUT2D eigenvalue weighted by Crippen LogP contribution is 2.35. The first-order valence-electron chi connectivity index (χ1n) is 11.1. The second kappa shape index (κ2) is 10.4. The molecule has 190 valence electrons. The van der Waals surface area contributed by atoms with Gasteiger partial charge >= 0.3 is 6.36 Å². The van der Waals surface area contributed by atoms with Gasteiger partial charge in [0, 0.05) is 24.0 Å². The minimum absolute atomic E-state index is 0.0410. The van der Waals surface area contributed by atoms with Gasteiger partial charge in [0.15, 0.2) is 5.69 Å². The molecule has 2 aliphatic rings. The predicted octanol–water partition coefficient (Wildman–Crippen LogP) is 4.72. The van der Waals surface area contributed by atoms with Gasteiger partial charge in [-0.05, 0) is 43.9 Å². The summed E-state index contributed by atoms with van der Waals surface area (Å²) in [7, 11) is 0. The van der Waals surface area contributed by atoms with E-state index >= 15 is 0 Å². The molecule has 0 saturated heterocycles. The molecule has 4 atom stereocenters. The van der Waals surface area contributed by atoms with E-state index in [0.717, 1.165) is 11.3 Å². The van der Waals surface area contributed by atoms with Crippen LogP contribution in [0.2, 0.25) is 0 Å². The summed E-state index contributed by atoms with van der Waals surface area (Å²) >= 11 is 1.05. The summed E-state index contributed by atoms with van der Waals surface area (Å²) in [5.41, 5.74) is 1.32. The number of nitrogens with one attached hydrogen (secondary N) is 2. The number of hydrogen-bond acceptors (Lipinski definition) is 6. The molecule has 0 bridgehead atoms. The molecular weight excluding hydrogens is 483 g/mol. The minimum atomic E-state index is -4.84. The topological polar surface area (TPSA) is 101 Å². The van der Waals surface area contributed by atoms with Crippen molar-refractivity contribution in [2.45, 2.75) is 46.1 Å². The van der Waals surface area contributed by atoms with Crippen molar-refractivity contribution in [1.82, 2.24) is 10.3 Å². The van der Waals surface area contributed by atoms with Crippen molar-refractivity contribution in [3.8, 4) is 0 Å². The first kappa shape index (κ1) is 26.7. The van der Waals surface area contributed by atoms with Crippen LogP contribution in [-0.4, -0.2) is 40.4 Å². The molecule has 4 unspecified atom stereocenters. The SMILES string of the molecule is CCC1C=C(C(=O)Nc2scnc2C(=O)NCC2C(OC(F)(F)F)=CC=CC2C)C=C(C)C1(C)O. The van der Waals surface area contributed by atoms with Crippen molar-refractivity contribution >= 4 is 28.2 Å². The number of allylic oxidation sites excluding steroid dienone is 3. The summed E-state index contributed by atoms with van der Waals surface area (Å²) in [6.07, 6.45) is 3.54. The van der Waals surface area contributed by atoms with Crippen LogP contribution in [0.4, 0.5) is 18.2 Å². The molecule has 0 fully saturated rings. The third kappa shape index (κ3) is 6.21. The number of carbonyl (C=O) groups excluding carboxylic acids is 2. The van der Waals surface area contributed by atoms with Crippen molar-refractivity contribution in [3.63, 3.8) is 0 Å².